The molecule has 3 rings (SSSR count). The highest BCUT2D eigenvalue weighted by Gasteiger charge is 2.31. The second-order valence-corrected chi connectivity index (χ2v) is 5.10. The monoisotopic (exact) mass is 249 g/mol. The number of rotatable bonds is 3. The van der Waals surface area contributed by atoms with Gasteiger partial charge in [-0.25, -0.2) is 4.39 Å². The van der Waals surface area contributed by atoms with Gasteiger partial charge in [-0.15, -0.1) is 5.10 Å². The molecule has 5 heteroatoms. The molecule has 0 aliphatic heterocycles. The van der Waals surface area contributed by atoms with Crippen LogP contribution in [-0.4, -0.2) is 15.6 Å². The Morgan fingerprint density at radius 1 is 1.29 bits per heavy atom. The summed E-state index contributed by atoms with van der Waals surface area (Å²) in [7, 11) is 0. The smallest absolute Gasteiger partial charge is 0.130 e. The molecule has 3 nitrogen and oxygen atoms in total. The minimum absolute atomic E-state index is 0.0876. The van der Waals surface area contributed by atoms with Crippen molar-refractivity contribution in [1.29, 1.82) is 0 Å². The van der Waals surface area contributed by atoms with Crippen LogP contribution in [0.5, 0.6) is 0 Å². The van der Waals surface area contributed by atoms with E-state index in [4.69, 9.17) is 0 Å². The van der Waals surface area contributed by atoms with Gasteiger partial charge in [0.25, 0.3) is 0 Å². The molecule has 0 amide bonds. The third-order valence-corrected chi connectivity index (χ3v) is 3.79. The van der Waals surface area contributed by atoms with Gasteiger partial charge in [-0.2, -0.15) is 0 Å². The number of halogens is 1. The Kier molecular flexibility index (Phi) is 2.76. The third-order valence-electron chi connectivity index (χ3n) is 3.19. The number of aromatic nitrogens is 2. The van der Waals surface area contributed by atoms with Crippen molar-refractivity contribution in [3.63, 3.8) is 0 Å². The Hall–Kier alpha value is -1.49. The van der Waals surface area contributed by atoms with E-state index in [0.29, 0.717) is 12.0 Å². The maximum atomic E-state index is 13.5. The van der Waals surface area contributed by atoms with Crippen LogP contribution in [0.25, 0.3) is 0 Å². The normalized spacial score (nSPS) is 23.1. The second kappa shape index (κ2) is 4.41. The lowest BCUT2D eigenvalue weighted by molar-refractivity contribution is 0.364. The highest BCUT2D eigenvalue weighted by atomic mass is 32.1. The van der Waals surface area contributed by atoms with Gasteiger partial charge < -0.3 is 5.32 Å². The molecule has 1 heterocycles. The van der Waals surface area contributed by atoms with Crippen molar-refractivity contribution in [2.75, 3.05) is 5.32 Å². The average Bonchev–Trinajstić information content (AvgIpc) is 2.77. The zero-order chi connectivity index (χ0) is 11.7. The van der Waals surface area contributed by atoms with Crippen LogP contribution in [0.3, 0.4) is 0 Å². The van der Waals surface area contributed by atoms with E-state index in [1.54, 1.807) is 12.3 Å². The van der Waals surface area contributed by atoms with Crippen LogP contribution in [0, 0.1) is 5.82 Å². The zero-order valence-electron chi connectivity index (χ0n) is 9.14. The van der Waals surface area contributed by atoms with Crippen molar-refractivity contribution in [2.24, 2.45) is 0 Å². The van der Waals surface area contributed by atoms with E-state index in [-0.39, 0.29) is 5.82 Å². The van der Waals surface area contributed by atoms with Crippen LogP contribution < -0.4 is 5.32 Å². The summed E-state index contributed by atoms with van der Waals surface area (Å²) in [5, 5.41) is 8.11. The van der Waals surface area contributed by atoms with Gasteiger partial charge in [0.05, 0.1) is 6.20 Å². The Morgan fingerprint density at radius 3 is 2.82 bits per heavy atom. The summed E-state index contributed by atoms with van der Waals surface area (Å²) in [5.74, 6) is 0.255. The number of nitrogens with one attached hydrogen (secondary N) is 1. The van der Waals surface area contributed by atoms with Gasteiger partial charge in [-0.3, -0.25) is 0 Å². The van der Waals surface area contributed by atoms with Crippen LogP contribution in [0.1, 0.15) is 24.3 Å². The fourth-order valence-electron chi connectivity index (χ4n) is 2.23. The van der Waals surface area contributed by atoms with E-state index in [2.05, 4.69) is 14.9 Å². The minimum Gasteiger partial charge on any atom is -0.372 e. The van der Waals surface area contributed by atoms with Gasteiger partial charge in [0.1, 0.15) is 10.8 Å². The fraction of sp³-hybridized carbons (Fsp3) is 0.333. The summed E-state index contributed by atoms with van der Waals surface area (Å²) >= 11 is 1.35. The molecule has 1 saturated carbocycles. The molecular formula is C12H12FN3S. The quantitative estimate of drug-likeness (QED) is 0.908. The van der Waals surface area contributed by atoms with Crippen molar-refractivity contribution in [3.8, 4) is 0 Å². The standard InChI is InChI=1S/C12H12FN3S/c13-11-4-2-1-3-10(11)8-5-9(6-8)15-12-7-14-16-17-12/h1-4,7-9,15H,5-6H2. The SMILES string of the molecule is Fc1ccccc1C1CC(Nc2cnns2)C1. The summed E-state index contributed by atoms with van der Waals surface area (Å²) in [6, 6.07) is 7.46. The molecule has 0 bridgehead atoms. The van der Waals surface area contributed by atoms with Gasteiger partial charge in [0.2, 0.25) is 0 Å². The Labute approximate surface area is 103 Å². The summed E-state index contributed by atoms with van der Waals surface area (Å²) < 4.78 is 17.3. The summed E-state index contributed by atoms with van der Waals surface area (Å²) in [5.41, 5.74) is 0.841. The molecule has 0 unspecified atom stereocenters. The molecule has 0 saturated heterocycles. The van der Waals surface area contributed by atoms with E-state index < -0.39 is 0 Å². The van der Waals surface area contributed by atoms with Gasteiger partial charge in [-0.05, 0) is 30.4 Å². The Bertz CT molecular complexity index is 494. The molecular weight excluding hydrogens is 237 g/mol. The van der Waals surface area contributed by atoms with Gasteiger partial charge >= 0.3 is 0 Å². The lowest BCUT2D eigenvalue weighted by Crippen LogP contribution is -2.34. The topological polar surface area (TPSA) is 37.8 Å². The molecule has 1 aromatic heterocycles. The molecule has 2 aromatic rings. The van der Waals surface area contributed by atoms with Crippen LogP contribution in [0.4, 0.5) is 9.39 Å². The number of hydrogen-bond acceptors (Lipinski definition) is 4. The van der Waals surface area contributed by atoms with Crippen molar-refractivity contribution in [3.05, 3.63) is 41.8 Å². The summed E-state index contributed by atoms with van der Waals surface area (Å²) in [6.07, 6.45) is 3.67. The third kappa shape index (κ3) is 2.15. The molecule has 0 radical (unpaired) electrons. The van der Waals surface area contributed by atoms with E-state index in [9.17, 15) is 4.39 Å². The summed E-state index contributed by atoms with van der Waals surface area (Å²) in [4.78, 5) is 0. The molecule has 1 fully saturated rings. The highest BCUT2D eigenvalue weighted by molar-refractivity contribution is 7.09. The van der Waals surface area contributed by atoms with Crippen LogP contribution in [0.15, 0.2) is 30.5 Å². The molecule has 1 aliphatic carbocycles. The first-order valence-electron chi connectivity index (χ1n) is 5.61. The number of hydrogen-bond donors (Lipinski definition) is 1. The molecule has 0 atom stereocenters. The highest BCUT2D eigenvalue weighted by Crippen LogP contribution is 2.39. The first kappa shape index (κ1) is 10.7. The minimum atomic E-state index is -0.0876. The maximum absolute atomic E-state index is 13.5. The van der Waals surface area contributed by atoms with E-state index >= 15 is 0 Å². The van der Waals surface area contributed by atoms with Gasteiger partial charge in [-0.1, -0.05) is 22.7 Å². The predicted octanol–water partition coefficient (Wildman–Crippen LogP) is 3.04. The Balaban J connectivity index is 1.60. The number of nitrogens with zero attached hydrogens (tertiary/aromatic N) is 2. The van der Waals surface area contributed by atoms with Crippen LogP contribution in [0.2, 0.25) is 0 Å². The first-order chi connectivity index (χ1) is 8.33. The van der Waals surface area contributed by atoms with E-state index in [0.717, 1.165) is 23.4 Å². The number of anilines is 1. The molecule has 1 aliphatic rings. The Morgan fingerprint density at radius 2 is 2.12 bits per heavy atom. The fourth-order valence-corrected chi connectivity index (χ4v) is 2.72. The van der Waals surface area contributed by atoms with Crippen molar-refractivity contribution in [2.45, 2.75) is 24.8 Å². The zero-order valence-corrected chi connectivity index (χ0v) is 9.95. The van der Waals surface area contributed by atoms with E-state index in [1.807, 2.05) is 12.1 Å². The van der Waals surface area contributed by atoms with Crippen LogP contribution >= 0.6 is 11.5 Å². The lowest BCUT2D eigenvalue weighted by Gasteiger charge is -2.36. The molecule has 1 N–H and O–H groups in total. The van der Waals surface area contributed by atoms with Crippen molar-refractivity contribution in [1.82, 2.24) is 9.59 Å². The molecule has 1 aromatic carbocycles. The molecule has 88 valence electrons. The largest absolute Gasteiger partial charge is 0.372 e. The van der Waals surface area contributed by atoms with E-state index in [1.165, 1.54) is 17.6 Å². The molecule has 0 spiro atoms. The first-order valence-corrected chi connectivity index (χ1v) is 6.38. The predicted molar refractivity (Wildman–Crippen MR) is 65.7 cm³/mol. The van der Waals surface area contributed by atoms with Crippen LogP contribution in [-0.2, 0) is 0 Å². The maximum Gasteiger partial charge on any atom is 0.130 e. The van der Waals surface area contributed by atoms with Gasteiger partial charge in [0, 0.05) is 17.6 Å². The molecule has 17 heavy (non-hydrogen) atoms. The summed E-state index contributed by atoms with van der Waals surface area (Å²) in [6.45, 7) is 0. The van der Waals surface area contributed by atoms with Gasteiger partial charge in [0.15, 0.2) is 0 Å². The number of benzene rings is 1. The second-order valence-electron chi connectivity index (χ2n) is 4.31. The van der Waals surface area contributed by atoms with Crippen molar-refractivity contribution < 1.29 is 4.39 Å². The average molecular weight is 249 g/mol. The van der Waals surface area contributed by atoms with Crippen molar-refractivity contribution >= 4 is 16.5 Å². The lowest BCUT2D eigenvalue weighted by atomic mass is 9.76.